The van der Waals surface area contributed by atoms with Crippen molar-refractivity contribution < 1.29 is 9.90 Å². The molecule has 1 aliphatic rings. The second-order valence-corrected chi connectivity index (χ2v) is 5.47. The van der Waals surface area contributed by atoms with Crippen LogP contribution in [-0.2, 0) is 0 Å². The lowest BCUT2D eigenvalue weighted by Crippen LogP contribution is -2.31. The first kappa shape index (κ1) is 11.7. The molecule has 1 N–H and O–H groups in total. The van der Waals surface area contributed by atoms with Crippen LogP contribution in [0.15, 0.2) is 12.1 Å². The van der Waals surface area contributed by atoms with E-state index in [4.69, 9.17) is 16.7 Å². The number of urea groups is 1. The zero-order valence-corrected chi connectivity index (χ0v) is 10.5. The Hall–Kier alpha value is -0.780. The van der Waals surface area contributed by atoms with Gasteiger partial charge in [-0.2, -0.15) is 0 Å². The maximum atomic E-state index is 11.8. The number of thiophene rings is 1. The van der Waals surface area contributed by atoms with Crippen molar-refractivity contribution in [3.63, 3.8) is 0 Å². The molecule has 0 spiro atoms. The molecule has 16 heavy (non-hydrogen) atoms. The second kappa shape index (κ2) is 4.61. The number of carbonyl (C=O) groups is 1. The Morgan fingerprint density at radius 3 is 2.94 bits per heavy atom. The number of rotatable bonds is 3. The van der Waals surface area contributed by atoms with E-state index in [0.29, 0.717) is 13.1 Å². The lowest BCUT2D eigenvalue weighted by atomic mass is 10.2. The minimum Gasteiger partial charge on any atom is -0.395 e. The van der Waals surface area contributed by atoms with Crippen molar-refractivity contribution in [1.82, 2.24) is 9.80 Å². The summed E-state index contributed by atoms with van der Waals surface area (Å²) in [5.41, 5.74) is 0. The summed E-state index contributed by atoms with van der Waals surface area (Å²) in [5.74, 6) is 0. The van der Waals surface area contributed by atoms with E-state index in [1.807, 2.05) is 12.1 Å². The van der Waals surface area contributed by atoms with E-state index in [1.54, 1.807) is 16.8 Å². The van der Waals surface area contributed by atoms with Crippen molar-refractivity contribution in [2.45, 2.75) is 6.04 Å². The summed E-state index contributed by atoms with van der Waals surface area (Å²) in [6, 6.07) is 3.80. The van der Waals surface area contributed by atoms with Gasteiger partial charge in [0.25, 0.3) is 0 Å². The molecular formula is C10H13ClN2O2S. The Bertz CT molecular complexity index is 396. The van der Waals surface area contributed by atoms with Crippen LogP contribution in [0.5, 0.6) is 0 Å². The van der Waals surface area contributed by atoms with E-state index >= 15 is 0 Å². The van der Waals surface area contributed by atoms with Crippen molar-refractivity contribution >= 4 is 29.0 Å². The third-order valence-corrected chi connectivity index (χ3v) is 4.06. The molecule has 1 fully saturated rings. The molecule has 0 bridgehead atoms. The van der Waals surface area contributed by atoms with Crippen LogP contribution in [0.1, 0.15) is 10.9 Å². The van der Waals surface area contributed by atoms with Crippen molar-refractivity contribution in [3.05, 3.63) is 21.3 Å². The second-order valence-electron chi connectivity index (χ2n) is 3.72. The number of amides is 2. The minimum absolute atomic E-state index is 0.00248. The van der Waals surface area contributed by atoms with E-state index < -0.39 is 0 Å². The zero-order chi connectivity index (χ0) is 11.7. The molecule has 0 radical (unpaired) electrons. The Morgan fingerprint density at radius 1 is 1.62 bits per heavy atom. The Morgan fingerprint density at radius 2 is 2.38 bits per heavy atom. The van der Waals surface area contributed by atoms with E-state index in [2.05, 4.69) is 0 Å². The average Bonchev–Trinajstić information content (AvgIpc) is 2.78. The number of nitrogens with zero attached hydrogens (tertiary/aromatic N) is 2. The highest BCUT2D eigenvalue weighted by molar-refractivity contribution is 7.16. The molecule has 1 aliphatic heterocycles. The van der Waals surface area contributed by atoms with Gasteiger partial charge in [0.2, 0.25) is 0 Å². The Labute approximate surface area is 103 Å². The van der Waals surface area contributed by atoms with Gasteiger partial charge in [-0.1, -0.05) is 11.6 Å². The molecule has 4 nitrogen and oxygen atoms in total. The van der Waals surface area contributed by atoms with Gasteiger partial charge in [-0.15, -0.1) is 11.3 Å². The van der Waals surface area contributed by atoms with E-state index in [-0.39, 0.29) is 18.7 Å². The van der Waals surface area contributed by atoms with Crippen LogP contribution in [0.2, 0.25) is 4.34 Å². The standard InChI is InChI=1S/C10H13ClN2O2S/c1-12-7(8-2-3-9(11)16-8)6-13(4-5-14)10(12)15/h2-3,7,14H,4-6H2,1H3. The van der Waals surface area contributed by atoms with Gasteiger partial charge in [0.1, 0.15) is 0 Å². The third-order valence-electron chi connectivity index (χ3n) is 2.73. The quantitative estimate of drug-likeness (QED) is 0.901. The third kappa shape index (κ3) is 2.03. The van der Waals surface area contributed by atoms with Crippen molar-refractivity contribution in [3.8, 4) is 0 Å². The Balaban J connectivity index is 2.15. The summed E-state index contributed by atoms with van der Waals surface area (Å²) in [4.78, 5) is 16.2. The summed E-state index contributed by atoms with van der Waals surface area (Å²) >= 11 is 7.38. The van der Waals surface area contributed by atoms with Gasteiger partial charge < -0.3 is 14.9 Å². The first-order valence-corrected chi connectivity index (χ1v) is 6.20. The SMILES string of the molecule is CN1C(=O)N(CCO)CC1c1ccc(Cl)s1. The summed E-state index contributed by atoms with van der Waals surface area (Å²) in [5, 5.41) is 8.86. The number of carbonyl (C=O) groups excluding carboxylic acids is 1. The number of hydrogen-bond acceptors (Lipinski definition) is 3. The maximum Gasteiger partial charge on any atom is 0.320 e. The molecule has 1 aromatic rings. The van der Waals surface area contributed by atoms with Crippen LogP contribution >= 0.6 is 22.9 Å². The van der Waals surface area contributed by atoms with Crippen LogP contribution in [0, 0.1) is 0 Å². The van der Waals surface area contributed by atoms with Gasteiger partial charge in [0.15, 0.2) is 0 Å². The van der Waals surface area contributed by atoms with E-state index in [1.165, 1.54) is 11.3 Å². The average molecular weight is 261 g/mol. The molecule has 0 saturated carbocycles. The van der Waals surface area contributed by atoms with E-state index in [9.17, 15) is 4.79 Å². The molecule has 1 atom stereocenters. The lowest BCUT2D eigenvalue weighted by molar-refractivity contribution is 0.182. The highest BCUT2D eigenvalue weighted by Gasteiger charge is 2.35. The molecule has 2 rings (SSSR count). The highest BCUT2D eigenvalue weighted by Crippen LogP contribution is 2.34. The smallest absolute Gasteiger partial charge is 0.320 e. The fourth-order valence-electron chi connectivity index (χ4n) is 1.86. The Kier molecular flexibility index (Phi) is 3.37. The number of likely N-dealkylation sites (N-methyl/N-ethyl adjacent to an activating group) is 1. The molecule has 1 saturated heterocycles. The lowest BCUT2D eigenvalue weighted by Gasteiger charge is -2.15. The molecule has 1 unspecified atom stereocenters. The van der Waals surface area contributed by atoms with Crippen LogP contribution in [-0.4, -0.2) is 47.7 Å². The maximum absolute atomic E-state index is 11.8. The number of halogens is 1. The summed E-state index contributed by atoms with van der Waals surface area (Å²) < 4.78 is 0.733. The van der Waals surface area contributed by atoms with Gasteiger partial charge in [0, 0.05) is 25.0 Å². The van der Waals surface area contributed by atoms with Gasteiger partial charge in [-0.3, -0.25) is 0 Å². The number of aliphatic hydroxyl groups is 1. The monoisotopic (exact) mass is 260 g/mol. The molecule has 2 heterocycles. The van der Waals surface area contributed by atoms with Crippen LogP contribution in [0.25, 0.3) is 0 Å². The number of aliphatic hydroxyl groups excluding tert-OH is 1. The van der Waals surface area contributed by atoms with Crippen LogP contribution in [0.3, 0.4) is 0 Å². The molecule has 2 amide bonds. The minimum atomic E-state index is -0.0384. The van der Waals surface area contributed by atoms with E-state index in [0.717, 1.165) is 9.21 Å². The largest absolute Gasteiger partial charge is 0.395 e. The topological polar surface area (TPSA) is 43.8 Å². The molecule has 0 aliphatic carbocycles. The zero-order valence-electron chi connectivity index (χ0n) is 8.89. The van der Waals surface area contributed by atoms with Crippen LogP contribution in [0.4, 0.5) is 4.79 Å². The summed E-state index contributed by atoms with van der Waals surface area (Å²) in [6.07, 6.45) is 0. The number of hydrogen-bond donors (Lipinski definition) is 1. The molecular weight excluding hydrogens is 248 g/mol. The fourth-order valence-corrected chi connectivity index (χ4v) is 3.06. The summed E-state index contributed by atoms with van der Waals surface area (Å²) in [7, 11) is 1.78. The first-order chi connectivity index (χ1) is 7.63. The van der Waals surface area contributed by atoms with Gasteiger partial charge in [0.05, 0.1) is 17.0 Å². The summed E-state index contributed by atoms with van der Waals surface area (Å²) in [6.45, 7) is 1.00. The molecule has 88 valence electrons. The van der Waals surface area contributed by atoms with Crippen molar-refractivity contribution in [2.24, 2.45) is 0 Å². The molecule has 0 aromatic carbocycles. The van der Waals surface area contributed by atoms with Gasteiger partial charge in [-0.25, -0.2) is 4.79 Å². The molecule has 6 heteroatoms. The fraction of sp³-hybridized carbons (Fsp3) is 0.500. The van der Waals surface area contributed by atoms with Gasteiger partial charge >= 0.3 is 6.03 Å². The predicted octanol–water partition coefficient (Wildman–Crippen LogP) is 1.80. The first-order valence-electron chi connectivity index (χ1n) is 5.01. The highest BCUT2D eigenvalue weighted by atomic mass is 35.5. The van der Waals surface area contributed by atoms with Gasteiger partial charge in [-0.05, 0) is 12.1 Å². The normalized spacial score (nSPS) is 20.9. The van der Waals surface area contributed by atoms with Crippen molar-refractivity contribution in [1.29, 1.82) is 0 Å². The number of β-amino-alcohol motifs (C(OH)–C–C–N with tert-alkyl or cyclic N) is 1. The van der Waals surface area contributed by atoms with Crippen molar-refractivity contribution in [2.75, 3.05) is 26.7 Å². The molecule has 1 aromatic heterocycles. The van der Waals surface area contributed by atoms with Crippen LogP contribution < -0.4 is 0 Å². The predicted molar refractivity (Wildman–Crippen MR) is 63.9 cm³/mol.